The summed E-state index contributed by atoms with van der Waals surface area (Å²) in [7, 11) is 3.21. The van der Waals surface area contributed by atoms with Gasteiger partial charge in [-0.15, -0.1) is 11.3 Å². The number of hydrogen-bond acceptors (Lipinski definition) is 7. The second-order valence-corrected chi connectivity index (χ2v) is 10.1. The second kappa shape index (κ2) is 10.7. The van der Waals surface area contributed by atoms with Crippen molar-refractivity contribution in [2.45, 2.75) is 0 Å². The lowest BCUT2D eigenvalue weighted by molar-refractivity contribution is 0.102. The number of nitrogens with one attached hydrogen (secondary N) is 1. The number of methoxy groups -OCH3 is 1. The minimum Gasteiger partial charge on any atom is -0.496 e. The third-order valence-electron chi connectivity index (χ3n) is 6.31. The van der Waals surface area contributed by atoms with E-state index in [0.717, 1.165) is 21.2 Å². The van der Waals surface area contributed by atoms with Crippen LogP contribution in [-0.4, -0.2) is 32.3 Å². The molecule has 4 heterocycles. The van der Waals surface area contributed by atoms with Crippen molar-refractivity contribution in [3.05, 3.63) is 113 Å². The van der Waals surface area contributed by atoms with Gasteiger partial charge in [-0.25, -0.2) is 4.39 Å². The number of aromatic nitrogens is 4. The Morgan fingerprint density at radius 1 is 1.02 bits per heavy atom. The Morgan fingerprint density at radius 2 is 1.85 bits per heavy atom. The number of anilines is 1. The number of nitrogens with zero attached hydrogens (tertiary/aromatic N) is 4. The van der Waals surface area contributed by atoms with E-state index in [4.69, 9.17) is 9.47 Å². The number of para-hydroxylation sites is 1. The van der Waals surface area contributed by atoms with Crippen molar-refractivity contribution >= 4 is 33.1 Å². The van der Waals surface area contributed by atoms with Gasteiger partial charge in [-0.1, -0.05) is 18.2 Å². The quantitative estimate of drug-likeness (QED) is 0.253. The first-order valence-corrected chi connectivity index (χ1v) is 13.2. The number of hydrogen-bond donors (Lipinski definition) is 1. The van der Waals surface area contributed by atoms with E-state index < -0.39 is 17.3 Å². The monoisotopic (exact) mass is 567 g/mol. The summed E-state index contributed by atoms with van der Waals surface area (Å²) in [5.41, 5.74) is 1.61. The van der Waals surface area contributed by atoms with E-state index in [9.17, 15) is 9.59 Å². The molecule has 204 valence electrons. The van der Waals surface area contributed by atoms with E-state index in [1.165, 1.54) is 47.4 Å². The van der Waals surface area contributed by atoms with Crippen molar-refractivity contribution in [2.24, 2.45) is 7.05 Å². The summed E-state index contributed by atoms with van der Waals surface area (Å²) in [5.74, 6) is -0.915. The van der Waals surface area contributed by atoms with Gasteiger partial charge in [0, 0.05) is 59.6 Å². The van der Waals surface area contributed by atoms with Crippen molar-refractivity contribution in [1.82, 2.24) is 19.3 Å². The molecule has 0 bridgehead atoms. The topological polar surface area (TPSA) is 100 Å². The summed E-state index contributed by atoms with van der Waals surface area (Å²) in [4.78, 5) is 31.8. The number of rotatable bonds is 7. The molecule has 0 aliphatic heterocycles. The molecule has 4 aromatic heterocycles. The molecule has 11 heteroatoms. The van der Waals surface area contributed by atoms with Gasteiger partial charge in [0.05, 0.1) is 23.5 Å². The highest BCUT2D eigenvalue weighted by Crippen LogP contribution is 2.39. The molecule has 0 radical (unpaired) electrons. The van der Waals surface area contributed by atoms with Crippen LogP contribution in [0, 0.1) is 5.82 Å². The first-order chi connectivity index (χ1) is 19.9. The molecule has 0 spiro atoms. The molecule has 9 nitrogen and oxygen atoms in total. The lowest BCUT2D eigenvalue weighted by Gasteiger charge is -2.13. The van der Waals surface area contributed by atoms with Crippen LogP contribution in [-0.2, 0) is 7.05 Å². The van der Waals surface area contributed by atoms with Crippen LogP contribution in [0.1, 0.15) is 10.4 Å². The fraction of sp³-hybridized carbons (Fsp3) is 0.0667. The van der Waals surface area contributed by atoms with Crippen molar-refractivity contribution in [1.29, 1.82) is 0 Å². The number of benzene rings is 2. The fourth-order valence-corrected chi connectivity index (χ4v) is 5.39. The van der Waals surface area contributed by atoms with Crippen molar-refractivity contribution in [3.63, 3.8) is 0 Å². The standard InChI is InChI=1S/C30H22FN5O4S/c1-35-17-18(16-33-35)26-15-22-28(41-26)25(10-12-32-22)40-23-9-8-19(14-21(23)31)34-29(37)27-24(39-2)11-13-36(30(27)38)20-6-4-3-5-7-20/h3-17H,1-2H3,(H,34,37). The molecular formula is C30H22FN5O4S. The summed E-state index contributed by atoms with van der Waals surface area (Å²) < 4.78 is 30.2. The molecular weight excluding hydrogens is 545 g/mol. The largest absolute Gasteiger partial charge is 0.496 e. The zero-order valence-electron chi connectivity index (χ0n) is 21.9. The normalized spacial score (nSPS) is 11.0. The Balaban J connectivity index is 1.26. The molecule has 2 aromatic carbocycles. The van der Waals surface area contributed by atoms with Crippen LogP contribution in [0.5, 0.6) is 17.2 Å². The van der Waals surface area contributed by atoms with E-state index in [0.29, 0.717) is 17.0 Å². The highest BCUT2D eigenvalue weighted by atomic mass is 32.1. The van der Waals surface area contributed by atoms with Gasteiger partial charge in [-0.2, -0.15) is 5.10 Å². The minimum absolute atomic E-state index is 0.0319. The lowest BCUT2D eigenvalue weighted by atomic mass is 10.2. The highest BCUT2D eigenvalue weighted by molar-refractivity contribution is 7.22. The number of thiophene rings is 1. The summed E-state index contributed by atoms with van der Waals surface area (Å²) in [6, 6.07) is 18.1. The molecule has 0 saturated carbocycles. The molecule has 1 amide bonds. The number of amides is 1. The Kier molecular flexibility index (Phi) is 6.78. The molecule has 0 fully saturated rings. The van der Waals surface area contributed by atoms with Gasteiger partial charge >= 0.3 is 0 Å². The minimum atomic E-state index is -0.734. The Morgan fingerprint density at radius 3 is 2.59 bits per heavy atom. The van der Waals surface area contributed by atoms with Gasteiger partial charge in [-0.3, -0.25) is 23.8 Å². The van der Waals surface area contributed by atoms with Crippen LogP contribution in [0.15, 0.2) is 96.3 Å². The Bertz CT molecular complexity index is 1970. The molecule has 0 unspecified atom stereocenters. The third kappa shape index (κ3) is 5.06. The maximum Gasteiger partial charge on any atom is 0.271 e. The molecule has 0 atom stereocenters. The van der Waals surface area contributed by atoms with Gasteiger partial charge in [0.1, 0.15) is 17.1 Å². The number of pyridine rings is 2. The number of carbonyl (C=O) groups is 1. The number of fused-ring (bicyclic) bond motifs is 1. The molecule has 6 rings (SSSR count). The van der Waals surface area contributed by atoms with Crippen LogP contribution in [0.4, 0.5) is 10.1 Å². The smallest absolute Gasteiger partial charge is 0.271 e. The maximum absolute atomic E-state index is 15.2. The van der Waals surface area contributed by atoms with Crippen molar-refractivity contribution in [2.75, 3.05) is 12.4 Å². The van der Waals surface area contributed by atoms with Crippen LogP contribution < -0.4 is 20.3 Å². The van der Waals surface area contributed by atoms with Gasteiger partial charge in [0.25, 0.3) is 11.5 Å². The number of halogens is 1. The summed E-state index contributed by atoms with van der Waals surface area (Å²) in [5, 5.41) is 6.81. The first-order valence-electron chi connectivity index (χ1n) is 12.4. The SMILES string of the molecule is COc1ccn(-c2ccccc2)c(=O)c1C(=O)Nc1ccc(Oc2ccnc3cc(-c4cnn(C)c4)sc23)c(F)c1. The molecule has 0 saturated heterocycles. The maximum atomic E-state index is 15.2. The van der Waals surface area contributed by atoms with E-state index in [1.807, 2.05) is 25.4 Å². The Labute approximate surface area is 237 Å². The van der Waals surface area contributed by atoms with Crippen molar-refractivity contribution in [3.8, 4) is 33.4 Å². The molecule has 41 heavy (non-hydrogen) atoms. The Hall–Kier alpha value is -5.29. The molecule has 0 aliphatic rings. The van der Waals surface area contributed by atoms with E-state index in [2.05, 4.69) is 15.4 Å². The second-order valence-electron chi connectivity index (χ2n) is 9.01. The summed E-state index contributed by atoms with van der Waals surface area (Å²) in [6.07, 6.45) is 6.79. The average Bonchev–Trinajstić information content (AvgIpc) is 3.61. The van der Waals surface area contributed by atoms with Crippen LogP contribution in [0.2, 0.25) is 0 Å². The first kappa shape index (κ1) is 26.0. The van der Waals surface area contributed by atoms with Crippen LogP contribution in [0.3, 0.4) is 0 Å². The molecule has 1 N–H and O–H groups in total. The van der Waals surface area contributed by atoms with Crippen LogP contribution in [0.25, 0.3) is 26.3 Å². The van der Waals surface area contributed by atoms with Crippen LogP contribution >= 0.6 is 11.3 Å². The number of carbonyl (C=O) groups excluding carboxylic acids is 1. The average molecular weight is 568 g/mol. The number of ether oxygens (including phenoxy) is 2. The van der Waals surface area contributed by atoms with Gasteiger partial charge in [0.15, 0.2) is 11.6 Å². The number of aryl methyl sites for hydroxylation is 1. The highest BCUT2D eigenvalue weighted by Gasteiger charge is 2.21. The van der Waals surface area contributed by atoms with E-state index in [1.54, 1.807) is 47.4 Å². The third-order valence-corrected chi connectivity index (χ3v) is 7.50. The predicted octanol–water partition coefficient (Wildman–Crippen LogP) is 6.04. The molecule has 6 aromatic rings. The van der Waals surface area contributed by atoms with Gasteiger partial charge < -0.3 is 14.8 Å². The summed E-state index contributed by atoms with van der Waals surface area (Å²) in [6.45, 7) is 0. The van der Waals surface area contributed by atoms with E-state index in [-0.39, 0.29) is 22.7 Å². The summed E-state index contributed by atoms with van der Waals surface area (Å²) >= 11 is 1.47. The van der Waals surface area contributed by atoms with Gasteiger partial charge in [0.2, 0.25) is 0 Å². The van der Waals surface area contributed by atoms with Crippen molar-refractivity contribution < 1.29 is 18.7 Å². The lowest BCUT2D eigenvalue weighted by Crippen LogP contribution is -2.28. The van der Waals surface area contributed by atoms with Gasteiger partial charge in [-0.05, 0) is 36.4 Å². The fourth-order valence-electron chi connectivity index (χ4n) is 4.35. The van der Waals surface area contributed by atoms with E-state index >= 15 is 4.39 Å². The zero-order chi connectivity index (χ0) is 28.5. The molecule has 0 aliphatic carbocycles. The predicted molar refractivity (Wildman–Crippen MR) is 155 cm³/mol. The zero-order valence-corrected chi connectivity index (χ0v) is 22.7.